The number of rotatable bonds is 8. The first-order chi connectivity index (χ1) is 12.2. The van der Waals surface area contributed by atoms with Crippen LogP contribution in [0.1, 0.15) is 43.4 Å². The van der Waals surface area contributed by atoms with Crippen LogP contribution in [0.3, 0.4) is 0 Å². The first-order valence-corrected chi connectivity index (χ1v) is 9.12. The summed E-state index contributed by atoms with van der Waals surface area (Å²) >= 11 is 0. The number of hydrogen-bond donors (Lipinski definition) is 2. The number of H-pyrrole nitrogens is 1. The van der Waals surface area contributed by atoms with E-state index < -0.39 is 0 Å². The van der Waals surface area contributed by atoms with Crippen molar-refractivity contribution in [3.63, 3.8) is 0 Å². The van der Waals surface area contributed by atoms with Crippen LogP contribution < -0.4 is 5.32 Å². The summed E-state index contributed by atoms with van der Waals surface area (Å²) in [7, 11) is 1.42. The molecule has 1 aromatic heterocycles. The fourth-order valence-corrected chi connectivity index (χ4v) is 3.62. The molecule has 0 aliphatic heterocycles. The minimum absolute atomic E-state index is 0.0465. The number of para-hydroxylation sites is 1. The highest BCUT2D eigenvalue weighted by Gasteiger charge is 2.29. The molecule has 5 heteroatoms. The topological polar surface area (TPSA) is 71.2 Å². The van der Waals surface area contributed by atoms with E-state index in [0.29, 0.717) is 13.0 Å². The molecule has 1 unspecified atom stereocenters. The largest absolute Gasteiger partial charge is 0.469 e. The number of carbonyl (C=O) groups is 2. The molecule has 0 bridgehead atoms. The minimum Gasteiger partial charge on any atom is -0.469 e. The molecule has 1 amide bonds. The Morgan fingerprint density at radius 1 is 1.16 bits per heavy atom. The van der Waals surface area contributed by atoms with E-state index in [4.69, 9.17) is 0 Å². The minimum atomic E-state index is -0.148. The lowest BCUT2D eigenvalue weighted by Crippen LogP contribution is -2.32. The first kappa shape index (κ1) is 17.5. The number of aromatic amines is 1. The van der Waals surface area contributed by atoms with Gasteiger partial charge in [0.25, 0.3) is 0 Å². The van der Waals surface area contributed by atoms with E-state index in [2.05, 4.69) is 27.2 Å². The Morgan fingerprint density at radius 3 is 2.80 bits per heavy atom. The fourth-order valence-electron chi connectivity index (χ4n) is 3.62. The second-order valence-corrected chi connectivity index (χ2v) is 6.76. The van der Waals surface area contributed by atoms with Crippen LogP contribution in [0.5, 0.6) is 0 Å². The van der Waals surface area contributed by atoms with Gasteiger partial charge in [-0.1, -0.05) is 31.0 Å². The van der Waals surface area contributed by atoms with Gasteiger partial charge in [0, 0.05) is 35.5 Å². The van der Waals surface area contributed by atoms with Crippen molar-refractivity contribution in [2.75, 3.05) is 13.7 Å². The second kappa shape index (κ2) is 8.19. The third-order valence-corrected chi connectivity index (χ3v) is 5.01. The summed E-state index contributed by atoms with van der Waals surface area (Å²) < 4.78 is 4.61. The number of ether oxygens (including phenoxy) is 1. The number of aromatic nitrogens is 1. The van der Waals surface area contributed by atoms with Crippen molar-refractivity contribution in [3.8, 4) is 0 Å². The summed E-state index contributed by atoms with van der Waals surface area (Å²) in [4.78, 5) is 26.8. The molecule has 1 aliphatic rings. The fraction of sp³-hybridized carbons (Fsp3) is 0.500. The van der Waals surface area contributed by atoms with Gasteiger partial charge in [-0.2, -0.15) is 0 Å². The number of benzene rings is 1. The number of esters is 1. The summed E-state index contributed by atoms with van der Waals surface area (Å²) in [6.07, 6.45) is 5.92. The normalized spacial score (nSPS) is 16.0. The van der Waals surface area contributed by atoms with Crippen LogP contribution in [0.15, 0.2) is 24.3 Å². The van der Waals surface area contributed by atoms with Crippen LogP contribution in [0.2, 0.25) is 0 Å². The Balaban J connectivity index is 1.36. The van der Waals surface area contributed by atoms with Crippen LogP contribution in [0.4, 0.5) is 0 Å². The number of unbranched alkanes of at least 4 members (excludes halogenated alkanes) is 3. The van der Waals surface area contributed by atoms with Crippen molar-refractivity contribution >= 4 is 22.8 Å². The molecule has 0 saturated carbocycles. The number of hydrogen-bond acceptors (Lipinski definition) is 3. The van der Waals surface area contributed by atoms with Gasteiger partial charge in [0.15, 0.2) is 0 Å². The van der Waals surface area contributed by atoms with Gasteiger partial charge >= 0.3 is 5.97 Å². The van der Waals surface area contributed by atoms with Gasteiger partial charge in [0.05, 0.1) is 7.11 Å². The highest BCUT2D eigenvalue weighted by Crippen LogP contribution is 2.32. The summed E-state index contributed by atoms with van der Waals surface area (Å²) in [5.74, 6) is 0.0543. The number of methoxy groups -OCH3 is 1. The monoisotopic (exact) mass is 342 g/mol. The molecule has 5 nitrogen and oxygen atoms in total. The molecule has 0 radical (unpaired) electrons. The Labute approximate surface area is 148 Å². The van der Waals surface area contributed by atoms with Gasteiger partial charge in [-0.05, 0) is 37.3 Å². The number of carbonyl (C=O) groups excluding carboxylic acids is 2. The molecule has 3 rings (SSSR count). The highest BCUT2D eigenvalue weighted by atomic mass is 16.5. The molecular weight excluding hydrogens is 316 g/mol. The number of nitrogens with one attached hydrogen (secondary N) is 2. The predicted octanol–water partition coefficient (Wildman–Crippen LogP) is 3.12. The Bertz CT molecular complexity index is 750. The van der Waals surface area contributed by atoms with Crippen LogP contribution in [0, 0.1) is 5.92 Å². The Morgan fingerprint density at radius 2 is 1.96 bits per heavy atom. The summed E-state index contributed by atoms with van der Waals surface area (Å²) in [5.41, 5.74) is 3.68. The molecule has 1 aliphatic carbocycles. The maximum atomic E-state index is 12.4. The van der Waals surface area contributed by atoms with E-state index in [0.717, 1.165) is 38.5 Å². The predicted molar refractivity (Wildman–Crippen MR) is 97.3 cm³/mol. The quantitative estimate of drug-likeness (QED) is 0.572. The maximum absolute atomic E-state index is 12.4. The first-order valence-electron chi connectivity index (χ1n) is 9.12. The van der Waals surface area contributed by atoms with Crippen molar-refractivity contribution < 1.29 is 14.3 Å². The van der Waals surface area contributed by atoms with Crippen molar-refractivity contribution in [3.05, 3.63) is 35.5 Å². The summed E-state index contributed by atoms with van der Waals surface area (Å²) in [6, 6.07) is 8.29. The average Bonchev–Trinajstić information content (AvgIpc) is 3.18. The number of amides is 1. The van der Waals surface area contributed by atoms with Crippen LogP contribution >= 0.6 is 0 Å². The highest BCUT2D eigenvalue weighted by molar-refractivity contribution is 5.88. The van der Waals surface area contributed by atoms with Gasteiger partial charge in [-0.3, -0.25) is 9.59 Å². The number of fused-ring (bicyclic) bond motifs is 3. The van der Waals surface area contributed by atoms with Crippen molar-refractivity contribution in [2.24, 2.45) is 5.92 Å². The Kier molecular flexibility index (Phi) is 5.74. The summed E-state index contributed by atoms with van der Waals surface area (Å²) in [6.45, 7) is 0.711. The third kappa shape index (κ3) is 4.21. The lowest BCUT2D eigenvalue weighted by atomic mass is 10.0. The van der Waals surface area contributed by atoms with Crippen molar-refractivity contribution in [1.29, 1.82) is 0 Å². The molecule has 0 spiro atoms. The van der Waals surface area contributed by atoms with E-state index >= 15 is 0 Å². The zero-order valence-electron chi connectivity index (χ0n) is 14.8. The average molecular weight is 342 g/mol. The van der Waals surface area contributed by atoms with E-state index in [-0.39, 0.29) is 17.8 Å². The van der Waals surface area contributed by atoms with Crippen molar-refractivity contribution in [1.82, 2.24) is 10.3 Å². The van der Waals surface area contributed by atoms with Gasteiger partial charge in [-0.25, -0.2) is 0 Å². The smallest absolute Gasteiger partial charge is 0.305 e. The van der Waals surface area contributed by atoms with Gasteiger partial charge in [-0.15, -0.1) is 0 Å². The molecular formula is C20H26N2O3. The SMILES string of the molecule is COC(=O)CCCCCCNC(=O)C1Cc2[nH]c3ccccc3c2C1. The maximum Gasteiger partial charge on any atom is 0.305 e. The molecule has 1 atom stereocenters. The molecule has 134 valence electrons. The lowest BCUT2D eigenvalue weighted by molar-refractivity contribution is -0.140. The van der Waals surface area contributed by atoms with E-state index in [1.165, 1.54) is 29.3 Å². The van der Waals surface area contributed by atoms with Crippen LogP contribution in [0.25, 0.3) is 10.9 Å². The second-order valence-electron chi connectivity index (χ2n) is 6.76. The van der Waals surface area contributed by atoms with Crippen LogP contribution in [-0.2, 0) is 27.2 Å². The van der Waals surface area contributed by atoms with Crippen LogP contribution in [-0.4, -0.2) is 30.5 Å². The summed E-state index contributed by atoms with van der Waals surface area (Å²) in [5, 5.41) is 4.31. The molecule has 25 heavy (non-hydrogen) atoms. The zero-order valence-corrected chi connectivity index (χ0v) is 14.8. The lowest BCUT2D eigenvalue weighted by Gasteiger charge is -2.10. The van der Waals surface area contributed by atoms with Gasteiger partial charge < -0.3 is 15.0 Å². The molecule has 0 saturated heterocycles. The standard InChI is InChI=1S/C20H26N2O3/c1-25-19(23)10-4-2-3-7-11-21-20(24)14-12-16-15-8-5-6-9-17(15)22-18(16)13-14/h5-6,8-9,14,22H,2-4,7,10-13H2,1H3,(H,21,24). The zero-order chi connectivity index (χ0) is 17.6. The molecule has 1 aromatic carbocycles. The molecule has 0 fully saturated rings. The van der Waals surface area contributed by atoms with Crippen molar-refractivity contribution in [2.45, 2.75) is 44.9 Å². The van der Waals surface area contributed by atoms with E-state index in [1.807, 2.05) is 12.1 Å². The molecule has 2 aromatic rings. The molecule has 1 heterocycles. The Hall–Kier alpha value is -2.30. The molecule has 2 N–H and O–H groups in total. The third-order valence-electron chi connectivity index (χ3n) is 5.01. The van der Waals surface area contributed by atoms with E-state index in [1.54, 1.807) is 0 Å². The van der Waals surface area contributed by atoms with Gasteiger partial charge in [0.1, 0.15) is 0 Å². The van der Waals surface area contributed by atoms with E-state index in [9.17, 15) is 9.59 Å². The van der Waals surface area contributed by atoms with Gasteiger partial charge in [0.2, 0.25) is 5.91 Å².